The summed E-state index contributed by atoms with van der Waals surface area (Å²) in [5.74, 6) is 1.92. The van der Waals surface area contributed by atoms with Crippen molar-refractivity contribution in [2.45, 2.75) is 31.7 Å². The van der Waals surface area contributed by atoms with Crippen LogP contribution in [0.2, 0.25) is 0 Å². The van der Waals surface area contributed by atoms with Crippen molar-refractivity contribution in [1.29, 1.82) is 5.26 Å². The molecule has 0 saturated carbocycles. The average Bonchev–Trinajstić information content (AvgIpc) is 2.89. The maximum absolute atomic E-state index is 9.72. The smallest absolute Gasteiger partial charge is 0.146 e. The van der Waals surface area contributed by atoms with Crippen molar-refractivity contribution in [3.05, 3.63) is 47.5 Å². The zero-order valence-corrected chi connectivity index (χ0v) is 13.2. The maximum Gasteiger partial charge on any atom is 0.146 e. The molecule has 1 aliphatic rings. The van der Waals surface area contributed by atoms with Gasteiger partial charge in [-0.1, -0.05) is 30.3 Å². The third-order valence-electron chi connectivity index (χ3n) is 4.80. The summed E-state index contributed by atoms with van der Waals surface area (Å²) in [6, 6.07) is 12.8. The molecular weight excluding hydrogens is 274 g/mol. The van der Waals surface area contributed by atoms with E-state index in [0.29, 0.717) is 0 Å². The van der Waals surface area contributed by atoms with E-state index in [1.165, 1.54) is 0 Å². The Balaban J connectivity index is 1.69. The number of nitriles is 1. The Kier molecular flexibility index (Phi) is 3.95. The second-order valence-corrected chi connectivity index (χ2v) is 6.06. The van der Waals surface area contributed by atoms with E-state index in [-0.39, 0.29) is 5.41 Å². The van der Waals surface area contributed by atoms with Crippen LogP contribution in [0.3, 0.4) is 0 Å². The van der Waals surface area contributed by atoms with Gasteiger partial charge in [0.25, 0.3) is 0 Å². The molecule has 1 aliphatic heterocycles. The number of aromatic nitrogens is 3. The van der Waals surface area contributed by atoms with Gasteiger partial charge in [0.1, 0.15) is 11.6 Å². The van der Waals surface area contributed by atoms with Crippen molar-refractivity contribution >= 4 is 0 Å². The molecule has 1 aromatic carbocycles. The maximum atomic E-state index is 9.72. The monoisotopic (exact) mass is 295 g/mol. The van der Waals surface area contributed by atoms with Crippen LogP contribution >= 0.6 is 0 Å². The molecule has 0 N–H and O–H groups in total. The largest absolute Gasteiger partial charge is 0.317 e. The molecule has 0 aliphatic carbocycles. The van der Waals surface area contributed by atoms with Gasteiger partial charge in [-0.3, -0.25) is 4.90 Å². The Morgan fingerprint density at radius 2 is 1.86 bits per heavy atom. The first kappa shape index (κ1) is 14.7. The van der Waals surface area contributed by atoms with E-state index in [2.05, 4.69) is 33.3 Å². The number of rotatable bonds is 3. The summed E-state index contributed by atoms with van der Waals surface area (Å²) < 4.78 is 2.03. The van der Waals surface area contributed by atoms with Crippen molar-refractivity contribution in [3.63, 3.8) is 0 Å². The second kappa shape index (κ2) is 5.90. The van der Waals surface area contributed by atoms with E-state index in [0.717, 1.165) is 49.7 Å². The molecule has 114 valence electrons. The van der Waals surface area contributed by atoms with Gasteiger partial charge in [-0.25, -0.2) is 0 Å². The van der Waals surface area contributed by atoms with Crippen molar-refractivity contribution in [2.24, 2.45) is 7.05 Å². The number of piperidine rings is 1. The highest BCUT2D eigenvalue weighted by Gasteiger charge is 2.36. The molecule has 1 fully saturated rings. The minimum absolute atomic E-state index is 0.340. The lowest BCUT2D eigenvalue weighted by atomic mass is 9.74. The molecule has 1 aromatic heterocycles. The molecule has 0 unspecified atom stereocenters. The molecule has 3 rings (SSSR count). The van der Waals surface area contributed by atoms with Crippen LogP contribution in [0, 0.1) is 18.3 Å². The molecule has 5 heteroatoms. The van der Waals surface area contributed by atoms with Crippen LogP contribution in [0.25, 0.3) is 0 Å². The number of nitrogens with zero attached hydrogens (tertiary/aromatic N) is 5. The zero-order valence-electron chi connectivity index (χ0n) is 13.2. The molecule has 0 radical (unpaired) electrons. The highest BCUT2D eigenvalue weighted by molar-refractivity contribution is 5.33. The van der Waals surface area contributed by atoms with Gasteiger partial charge in [-0.2, -0.15) is 5.26 Å². The first-order valence-corrected chi connectivity index (χ1v) is 7.69. The third kappa shape index (κ3) is 2.62. The van der Waals surface area contributed by atoms with Crippen LogP contribution in [0.5, 0.6) is 0 Å². The number of benzene rings is 1. The lowest BCUT2D eigenvalue weighted by molar-refractivity contribution is 0.174. The van der Waals surface area contributed by atoms with Gasteiger partial charge in [0.15, 0.2) is 0 Å². The van der Waals surface area contributed by atoms with Gasteiger partial charge in [0.2, 0.25) is 0 Å². The summed E-state index contributed by atoms with van der Waals surface area (Å²) in [6.45, 7) is 4.58. The van der Waals surface area contributed by atoms with E-state index in [4.69, 9.17) is 0 Å². The van der Waals surface area contributed by atoms with Gasteiger partial charge in [0, 0.05) is 20.1 Å². The number of hydrogen-bond donors (Lipinski definition) is 0. The Bertz CT molecular complexity index is 675. The molecule has 0 atom stereocenters. The number of hydrogen-bond acceptors (Lipinski definition) is 4. The first-order valence-electron chi connectivity index (χ1n) is 7.69. The fourth-order valence-electron chi connectivity index (χ4n) is 3.10. The molecule has 22 heavy (non-hydrogen) atoms. The zero-order chi connectivity index (χ0) is 15.6. The first-order chi connectivity index (χ1) is 10.6. The Morgan fingerprint density at radius 3 is 2.41 bits per heavy atom. The average molecular weight is 295 g/mol. The highest BCUT2D eigenvalue weighted by atomic mass is 15.3. The van der Waals surface area contributed by atoms with Crippen LogP contribution < -0.4 is 0 Å². The molecule has 0 spiro atoms. The molecular formula is C17H21N5. The van der Waals surface area contributed by atoms with Crippen LogP contribution in [0.1, 0.15) is 30.1 Å². The van der Waals surface area contributed by atoms with Crippen LogP contribution in [0.15, 0.2) is 30.3 Å². The molecule has 1 saturated heterocycles. The minimum Gasteiger partial charge on any atom is -0.317 e. The quantitative estimate of drug-likeness (QED) is 0.871. The van der Waals surface area contributed by atoms with Crippen LogP contribution in [0.4, 0.5) is 0 Å². The van der Waals surface area contributed by atoms with E-state index in [1.54, 1.807) is 0 Å². The fourth-order valence-corrected chi connectivity index (χ4v) is 3.10. The highest BCUT2D eigenvalue weighted by Crippen LogP contribution is 2.35. The summed E-state index contributed by atoms with van der Waals surface area (Å²) in [6.07, 6.45) is 1.73. The predicted octanol–water partition coefficient (Wildman–Crippen LogP) is 2.18. The summed E-state index contributed by atoms with van der Waals surface area (Å²) >= 11 is 0. The lowest BCUT2D eigenvalue weighted by Gasteiger charge is -2.37. The molecule has 2 aromatic rings. The standard InChI is InChI=1S/C17H21N5/c1-14-19-20-16(21(14)2)12-22-10-8-17(13-18,9-11-22)15-6-4-3-5-7-15/h3-7H,8-12H2,1-2H3. The Morgan fingerprint density at radius 1 is 1.18 bits per heavy atom. The molecule has 2 heterocycles. The summed E-state index contributed by atoms with van der Waals surface area (Å²) in [5, 5.41) is 18.1. The van der Waals surface area contributed by atoms with Gasteiger partial charge < -0.3 is 4.57 Å². The third-order valence-corrected chi connectivity index (χ3v) is 4.80. The summed E-state index contributed by atoms with van der Waals surface area (Å²) in [4.78, 5) is 2.36. The Hall–Kier alpha value is -2.19. The SMILES string of the molecule is Cc1nnc(CN2CCC(C#N)(c3ccccc3)CC2)n1C. The van der Waals surface area contributed by atoms with Gasteiger partial charge in [-0.05, 0) is 25.3 Å². The summed E-state index contributed by atoms with van der Waals surface area (Å²) in [7, 11) is 2.00. The number of aryl methyl sites for hydroxylation is 1. The van der Waals surface area contributed by atoms with Gasteiger partial charge >= 0.3 is 0 Å². The van der Waals surface area contributed by atoms with Crippen LogP contribution in [-0.2, 0) is 19.0 Å². The van der Waals surface area contributed by atoms with Crippen molar-refractivity contribution in [2.75, 3.05) is 13.1 Å². The van der Waals surface area contributed by atoms with Crippen LogP contribution in [-0.4, -0.2) is 32.8 Å². The van der Waals surface area contributed by atoms with E-state index in [9.17, 15) is 5.26 Å². The minimum atomic E-state index is -0.340. The van der Waals surface area contributed by atoms with Crippen molar-refractivity contribution in [3.8, 4) is 6.07 Å². The molecule has 0 amide bonds. The van der Waals surface area contributed by atoms with E-state index in [1.807, 2.05) is 36.7 Å². The lowest BCUT2D eigenvalue weighted by Crippen LogP contribution is -2.41. The van der Waals surface area contributed by atoms with Gasteiger partial charge in [-0.15, -0.1) is 10.2 Å². The normalized spacial score (nSPS) is 18.0. The predicted molar refractivity (Wildman–Crippen MR) is 84.0 cm³/mol. The topological polar surface area (TPSA) is 57.7 Å². The molecule has 5 nitrogen and oxygen atoms in total. The van der Waals surface area contributed by atoms with E-state index >= 15 is 0 Å². The Labute approximate surface area is 131 Å². The van der Waals surface area contributed by atoms with Crippen molar-refractivity contribution < 1.29 is 0 Å². The second-order valence-electron chi connectivity index (χ2n) is 6.06. The van der Waals surface area contributed by atoms with E-state index < -0.39 is 0 Å². The van der Waals surface area contributed by atoms with Crippen molar-refractivity contribution in [1.82, 2.24) is 19.7 Å². The molecule has 0 bridgehead atoms. The summed E-state index contributed by atoms with van der Waals surface area (Å²) in [5.41, 5.74) is 0.805. The fraction of sp³-hybridized carbons (Fsp3) is 0.471. The number of likely N-dealkylation sites (tertiary alicyclic amines) is 1. The van der Waals surface area contributed by atoms with Gasteiger partial charge in [0.05, 0.1) is 18.0 Å².